The van der Waals surface area contributed by atoms with Gasteiger partial charge in [0.15, 0.2) is 0 Å². The lowest BCUT2D eigenvalue weighted by Gasteiger charge is -2.32. The number of aromatic nitrogens is 2. The quantitative estimate of drug-likeness (QED) is 0.376. The zero-order valence-corrected chi connectivity index (χ0v) is 21.7. The highest BCUT2D eigenvalue weighted by molar-refractivity contribution is 5.99. The van der Waals surface area contributed by atoms with E-state index in [4.69, 9.17) is 4.42 Å². The molecule has 0 aromatic carbocycles. The summed E-state index contributed by atoms with van der Waals surface area (Å²) >= 11 is 0. The fourth-order valence-corrected chi connectivity index (χ4v) is 4.10. The van der Waals surface area contributed by atoms with E-state index in [1.165, 1.54) is 0 Å². The average molecular weight is 490 g/mol. The second kappa shape index (κ2) is 13.2. The SMILES string of the molecule is CC(C)CC(NC(=O)[C@@H]1CCCC[C@@H]1NC(=O)C#CCN(C)C)C(=O)c1nn(CC(C)C)c(=O)o1. The number of hydrogen-bond acceptors (Lipinski definition) is 7. The summed E-state index contributed by atoms with van der Waals surface area (Å²) in [6, 6.07) is -1.24. The lowest BCUT2D eigenvalue weighted by Crippen LogP contribution is -2.51. The average Bonchev–Trinajstić information content (AvgIpc) is 3.12. The van der Waals surface area contributed by atoms with Crippen molar-refractivity contribution in [2.24, 2.45) is 17.8 Å². The second-order valence-corrected chi connectivity index (χ2v) is 10.3. The number of carbonyl (C=O) groups is 3. The Labute approximate surface area is 207 Å². The molecule has 0 aliphatic heterocycles. The molecule has 2 rings (SSSR count). The van der Waals surface area contributed by atoms with E-state index in [9.17, 15) is 19.2 Å². The molecule has 194 valence electrons. The van der Waals surface area contributed by atoms with Gasteiger partial charge in [0.25, 0.3) is 11.8 Å². The van der Waals surface area contributed by atoms with Gasteiger partial charge < -0.3 is 15.1 Å². The van der Waals surface area contributed by atoms with Crippen LogP contribution in [0.5, 0.6) is 0 Å². The summed E-state index contributed by atoms with van der Waals surface area (Å²) in [6.45, 7) is 8.53. The van der Waals surface area contributed by atoms with Gasteiger partial charge in [-0.05, 0) is 51.1 Å². The molecule has 1 unspecified atom stereocenters. The third-order valence-electron chi connectivity index (χ3n) is 5.71. The van der Waals surface area contributed by atoms with Gasteiger partial charge in [0.2, 0.25) is 11.7 Å². The van der Waals surface area contributed by atoms with Crippen LogP contribution >= 0.6 is 0 Å². The van der Waals surface area contributed by atoms with Gasteiger partial charge in [-0.15, -0.1) is 5.10 Å². The lowest BCUT2D eigenvalue weighted by molar-refractivity contribution is -0.128. The largest absolute Gasteiger partial charge is 0.437 e. The third kappa shape index (κ3) is 8.98. The van der Waals surface area contributed by atoms with Crippen LogP contribution in [0.25, 0.3) is 0 Å². The predicted octanol–water partition coefficient (Wildman–Crippen LogP) is 1.45. The van der Waals surface area contributed by atoms with Crippen molar-refractivity contribution in [2.75, 3.05) is 20.6 Å². The molecule has 1 aromatic rings. The van der Waals surface area contributed by atoms with Gasteiger partial charge >= 0.3 is 5.76 Å². The molecule has 1 fully saturated rings. The van der Waals surface area contributed by atoms with Gasteiger partial charge in [-0.1, -0.05) is 46.5 Å². The molecular formula is C25H39N5O5. The number of hydrogen-bond donors (Lipinski definition) is 2. The van der Waals surface area contributed by atoms with Crippen LogP contribution in [0.4, 0.5) is 0 Å². The molecule has 1 saturated carbocycles. The van der Waals surface area contributed by atoms with E-state index in [0.29, 0.717) is 32.4 Å². The highest BCUT2D eigenvalue weighted by Crippen LogP contribution is 2.25. The van der Waals surface area contributed by atoms with Crippen molar-refractivity contribution >= 4 is 17.6 Å². The van der Waals surface area contributed by atoms with Crippen molar-refractivity contribution < 1.29 is 18.8 Å². The molecule has 1 aliphatic rings. The van der Waals surface area contributed by atoms with Gasteiger partial charge in [-0.25, -0.2) is 4.79 Å². The molecule has 0 spiro atoms. The maximum atomic E-state index is 13.3. The number of rotatable bonds is 10. The number of amides is 2. The molecule has 3 atom stereocenters. The van der Waals surface area contributed by atoms with Crippen molar-refractivity contribution in [3.05, 3.63) is 16.4 Å². The zero-order chi connectivity index (χ0) is 26.1. The molecule has 1 heterocycles. The minimum atomic E-state index is -0.883. The molecule has 0 radical (unpaired) electrons. The van der Waals surface area contributed by atoms with E-state index in [1.807, 2.05) is 46.7 Å². The van der Waals surface area contributed by atoms with Crippen molar-refractivity contribution in [1.82, 2.24) is 25.3 Å². The van der Waals surface area contributed by atoms with Crippen molar-refractivity contribution in [3.63, 3.8) is 0 Å². The smallest absolute Gasteiger partial charge is 0.384 e. The van der Waals surface area contributed by atoms with E-state index in [2.05, 4.69) is 27.6 Å². The van der Waals surface area contributed by atoms with E-state index in [1.54, 1.807) is 0 Å². The van der Waals surface area contributed by atoms with Gasteiger partial charge in [-0.3, -0.25) is 19.3 Å². The molecule has 10 heteroatoms. The van der Waals surface area contributed by atoms with Crippen LogP contribution in [0.15, 0.2) is 9.21 Å². The standard InChI is InChI=1S/C25H39N5O5/c1-16(2)14-20(22(32)24-28-30(15-17(3)4)25(34)35-24)27-23(33)18-10-7-8-11-19(18)26-21(31)12-9-13-29(5)6/h16-20H,7-8,10-11,13-15H2,1-6H3,(H,26,31)(H,27,33)/t18-,19+,20?/m1/s1. The van der Waals surface area contributed by atoms with E-state index >= 15 is 0 Å². The first-order valence-electron chi connectivity index (χ1n) is 12.3. The molecule has 2 N–H and O–H groups in total. The van der Waals surface area contributed by atoms with Crippen LogP contribution in [0.1, 0.15) is 70.5 Å². The van der Waals surface area contributed by atoms with Crippen molar-refractivity contribution in [1.29, 1.82) is 0 Å². The first kappa shape index (κ1) is 28.3. The molecule has 2 amide bonds. The van der Waals surface area contributed by atoms with Crippen LogP contribution in [0.3, 0.4) is 0 Å². The fourth-order valence-electron chi connectivity index (χ4n) is 4.10. The summed E-state index contributed by atoms with van der Waals surface area (Å²) < 4.78 is 6.25. The maximum Gasteiger partial charge on any atom is 0.437 e. The molecule has 0 saturated heterocycles. The Morgan fingerprint density at radius 3 is 2.46 bits per heavy atom. The Hall–Kier alpha value is -2.93. The minimum absolute atomic E-state index is 0.0996. The molecule has 10 nitrogen and oxygen atoms in total. The molecule has 1 aromatic heterocycles. The van der Waals surface area contributed by atoms with Crippen molar-refractivity contribution in [2.45, 2.75) is 78.4 Å². The minimum Gasteiger partial charge on any atom is -0.384 e. The van der Waals surface area contributed by atoms with Crippen LogP contribution in [-0.2, 0) is 16.1 Å². The van der Waals surface area contributed by atoms with E-state index < -0.39 is 29.4 Å². The molecule has 35 heavy (non-hydrogen) atoms. The highest BCUT2D eigenvalue weighted by Gasteiger charge is 2.35. The first-order valence-corrected chi connectivity index (χ1v) is 12.3. The van der Waals surface area contributed by atoms with Gasteiger partial charge in [0, 0.05) is 6.04 Å². The lowest BCUT2D eigenvalue weighted by atomic mass is 9.83. The predicted molar refractivity (Wildman–Crippen MR) is 132 cm³/mol. The molecule has 1 aliphatic carbocycles. The first-order chi connectivity index (χ1) is 16.5. The number of carbonyl (C=O) groups excluding carboxylic acids is 3. The Morgan fingerprint density at radius 2 is 1.83 bits per heavy atom. The van der Waals surface area contributed by atoms with Crippen LogP contribution in [-0.4, -0.2) is 65.0 Å². The Morgan fingerprint density at radius 1 is 1.14 bits per heavy atom. The second-order valence-electron chi connectivity index (χ2n) is 10.3. The zero-order valence-electron chi connectivity index (χ0n) is 21.7. The number of nitrogens with one attached hydrogen (secondary N) is 2. The topological polar surface area (TPSA) is 127 Å². The summed E-state index contributed by atoms with van der Waals surface area (Å²) in [6.07, 6.45) is 3.38. The molecule has 0 bridgehead atoms. The molecular weight excluding hydrogens is 450 g/mol. The highest BCUT2D eigenvalue weighted by atomic mass is 16.4. The monoisotopic (exact) mass is 489 g/mol. The third-order valence-corrected chi connectivity index (χ3v) is 5.71. The van der Waals surface area contributed by atoms with Gasteiger partial charge in [0.1, 0.15) is 0 Å². The maximum absolute atomic E-state index is 13.3. The van der Waals surface area contributed by atoms with Crippen LogP contribution < -0.4 is 16.4 Å². The van der Waals surface area contributed by atoms with Crippen molar-refractivity contribution in [3.8, 4) is 11.8 Å². The summed E-state index contributed by atoms with van der Waals surface area (Å²) in [5.41, 5.74) is 0. The normalized spacial score (nSPS) is 18.8. The number of nitrogens with zero attached hydrogens (tertiary/aromatic N) is 3. The Balaban J connectivity index is 2.14. The Kier molecular flexibility index (Phi) is 10.7. The van der Waals surface area contributed by atoms with E-state index in [-0.39, 0.29) is 29.7 Å². The summed E-state index contributed by atoms with van der Waals surface area (Å²) in [5, 5.41) is 9.78. The Bertz CT molecular complexity index is 998. The fraction of sp³-hybridized carbons (Fsp3) is 0.720. The van der Waals surface area contributed by atoms with Gasteiger partial charge in [0.05, 0.1) is 25.0 Å². The van der Waals surface area contributed by atoms with Crippen LogP contribution in [0, 0.1) is 29.6 Å². The summed E-state index contributed by atoms with van der Waals surface area (Å²) in [4.78, 5) is 52.7. The van der Waals surface area contributed by atoms with Crippen LogP contribution in [0.2, 0.25) is 0 Å². The summed E-state index contributed by atoms with van der Waals surface area (Å²) in [5.74, 6) is 2.90. The summed E-state index contributed by atoms with van der Waals surface area (Å²) in [7, 11) is 3.73. The number of ketones is 1. The van der Waals surface area contributed by atoms with Gasteiger partial charge in [-0.2, -0.15) is 4.68 Å². The number of Topliss-reactive ketones (excluding diaryl/α,β-unsaturated/α-hetero) is 1. The van der Waals surface area contributed by atoms with E-state index in [0.717, 1.165) is 17.5 Å².